The Morgan fingerprint density at radius 2 is 2.10 bits per heavy atom. The van der Waals surface area contributed by atoms with E-state index in [4.69, 9.17) is 14.9 Å². The van der Waals surface area contributed by atoms with E-state index < -0.39 is 0 Å². The average molecular weight is 288 g/mol. The van der Waals surface area contributed by atoms with Gasteiger partial charge in [0.15, 0.2) is 0 Å². The van der Waals surface area contributed by atoms with Crippen molar-refractivity contribution in [2.24, 2.45) is 5.10 Å². The lowest BCUT2D eigenvalue weighted by Crippen LogP contribution is -2.39. The summed E-state index contributed by atoms with van der Waals surface area (Å²) in [5.74, 6) is 0.780. The van der Waals surface area contributed by atoms with E-state index in [-0.39, 0.29) is 5.90 Å². The SMILES string of the molecule is C=NN/C(=C\C(=N)OCc1ccccc1)N1CCOCC1. The summed E-state index contributed by atoms with van der Waals surface area (Å²) in [6.07, 6.45) is 1.61. The van der Waals surface area contributed by atoms with E-state index in [0.717, 1.165) is 18.7 Å². The number of ether oxygens (including phenoxy) is 2. The summed E-state index contributed by atoms with van der Waals surface area (Å²) >= 11 is 0. The molecule has 2 N–H and O–H groups in total. The molecule has 0 aromatic heterocycles. The molecule has 6 heteroatoms. The highest BCUT2D eigenvalue weighted by Crippen LogP contribution is 2.07. The van der Waals surface area contributed by atoms with Crippen molar-refractivity contribution < 1.29 is 9.47 Å². The maximum atomic E-state index is 7.91. The summed E-state index contributed by atoms with van der Waals surface area (Å²) in [4.78, 5) is 2.05. The van der Waals surface area contributed by atoms with Gasteiger partial charge in [-0.2, -0.15) is 5.10 Å². The smallest absolute Gasteiger partial charge is 0.209 e. The molecule has 0 saturated carbocycles. The van der Waals surface area contributed by atoms with Crippen molar-refractivity contribution in [1.29, 1.82) is 5.41 Å². The monoisotopic (exact) mass is 288 g/mol. The van der Waals surface area contributed by atoms with Crippen molar-refractivity contribution in [3.8, 4) is 0 Å². The molecule has 1 aromatic carbocycles. The minimum atomic E-state index is 0.0801. The number of hydrogen-bond acceptors (Lipinski definition) is 6. The standard InChI is InChI=1S/C15H20N4O2/c1-17-18-15(19-7-9-20-10-8-19)11-14(16)21-12-13-5-3-2-4-6-13/h2-6,11,16,18H,1,7-10,12H2/b15-11+,16-14?. The molecule has 0 aliphatic carbocycles. The second-order valence-electron chi connectivity index (χ2n) is 4.54. The van der Waals surface area contributed by atoms with E-state index in [1.165, 1.54) is 0 Å². The fraction of sp³-hybridized carbons (Fsp3) is 0.333. The van der Waals surface area contributed by atoms with Crippen molar-refractivity contribution in [3.63, 3.8) is 0 Å². The quantitative estimate of drug-likeness (QED) is 0.473. The van der Waals surface area contributed by atoms with E-state index in [2.05, 4.69) is 22.1 Å². The Balaban J connectivity index is 1.93. The van der Waals surface area contributed by atoms with Crippen LogP contribution < -0.4 is 5.43 Å². The summed E-state index contributed by atoms with van der Waals surface area (Å²) in [5, 5.41) is 11.6. The van der Waals surface area contributed by atoms with E-state index in [9.17, 15) is 0 Å². The molecule has 1 saturated heterocycles. The number of hydrazone groups is 1. The van der Waals surface area contributed by atoms with Crippen molar-refractivity contribution in [2.45, 2.75) is 6.61 Å². The third-order valence-corrected chi connectivity index (χ3v) is 3.05. The van der Waals surface area contributed by atoms with Crippen LogP contribution >= 0.6 is 0 Å². The lowest BCUT2D eigenvalue weighted by atomic mass is 10.2. The van der Waals surface area contributed by atoms with Crippen LogP contribution in [0.1, 0.15) is 5.56 Å². The first kappa shape index (κ1) is 15.1. The normalized spacial score (nSPS) is 15.4. The second kappa shape index (κ2) is 8.06. The number of morpholine rings is 1. The number of nitrogens with zero attached hydrogens (tertiary/aromatic N) is 2. The van der Waals surface area contributed by atoms with Crippen LogP contribution in [0.5, 0.6) is 0 Å². The molecule has 21 heavy (non-hydrogen) atoms. The molecule has 1 aliphatic rings. The summed E-state index contributed by atoms with van der Waals surface area (Å²) in [6.45, 7) is 6.62. The predicted octanol–water partition coefficient (Wildman–Crippen LogP) is 1.56. The highest BCUT2D eigenvalue weighted by molar-refractivity contribution is 5.85. The molecule has 0 bridgehead atoms. The Morgan fingerprint density at radius 1 is 1.38 bits per heavy atom. The molecule has 1 fully saturated rings. The van der Waals surface area contributed by atoms with Gasteiger partial charge in [0.25, 0.3) is 0 Å². The van der Waals surface area contributed by atoms with E-state index in [1.54, 1.807) is 6.08 Å². The first-order valence-corrected chi connectivity index (χ1v) is 6.81. The van der Waals surface area contributed by atoms with Gasteiger partial charge in [0.2, 0.25) is 5.90 Å². The number of hydrogen-bond donors (Lipinski definition) is 2. The van der Waals surface area contributed by atoms with Gasteiger partial charge in [-0.05, 0) is 5.56 Å². The zero-order chi connectivity index (χ0) is 14.9. The first-order chi connectivity index (χ1) is 10.3. The highest BCUT2D eigenvalue weighted by atomic mass is 16.5. The Bertz CT molecular complexity index is 496. The fourth-order valence-corrected chi connectivity index (χ4v) is 1.98. The molecular formula is C15H20N4O2. The molecular weight excluding hydrogens is 268 g/mol. The fourth-order valence-electron chi connectivity index (χ4n) is 1.98. The summed E-state index contributed by atoms with van der Waals surface area (Å²) in [6, 6.07) is 9.76. The van der Waals surface area contributed by atoms with Gasteiger partial charge in [-0.25, -0.2) is 0 Å². The molecule has 2 rings (SSSR count). The molecule has 1 heterocycles. The molecule has 6 nitrogen and oxygen atoms in total. The van der Waals surface area contributed by atoms with Gasteiger partial charge in [-0.3, -0.25) is 10.8 Å². The molecule has 0 spiro atoms. The van der Waals surface area contributed by atoms with Crippen LogP contribution in [0.2, 0.25) is 0 Å². The Labute approximate surface area is 124 Å². The number of nitrogens with one attached hydrogen (secondary N) is 2. The van der Waals surface area contributed by atoms with Crippen molar-refractivity contribution >= 4 is 12.6 Å². The Morgan fingerprint density at radius 3 is 2.76 bits per heavy atom. The molecule has 112 valence electrons. The van der Waals surface area contributed by atoms with Crippen LogP contribution in [0.25, 0.3) is 0 Å². The Hall–Kier alpha value is -2.34. The van der Waals surface area contributed by atoms with Gasteiger partial charge >= 0.3 is 0 Å². The van der Waals surface area contributed by atoms with E-state index in [1.807, 2.05) is 30.3 Å². The van der Waals surface area contributed by atoms with Crippen molar-refractivity contribution in [3.05, 3.63) is 47.8 Å². The Kier molecular flexibility index (Phi) is 5.78. The van der Waals surface area contributed by atoms with Gasteiger partial charge < -0.3 is 14.4 Å². The van der Waals surface area contributed by atoms with Gasteiger partial charge in [0.1, 0.15) is 12.4 Å². The third-order valence-electron chi connectivity index (χ3n) is 3.05. The lowest BCUT2D eigenvalue weighted by molar-refractivity contribution is 0.0504. The highest BCUT2D eigenvalue weighted by Gasteiger charge is 2.14. The number of benzene rings is 1. The maximum Gasteiger partial charge on any atom is 0.209 e. The van der Waals surface area contributed by atoms with E-state index in [0.29, 0.717) is 25.6 Å². The van der Waals surface area contributed by atoms with Gasteiger partial charge in [-0.1, -0.05) is 30.3 Å². The zero-order valence-corrected chi connectivity index (χ0v) is 11.9. The third kappa shape index (κ3) is 4.92. The van der Waals surface area contributed by atoms with Crippen LogP contribution in [0.15, 0.2) is 47.3 Å². The van der Waals surface area contributed by atoms with Crippen LogP contribution in [0.4, 0.5) is 0 Å². The van der Waals surface area contributed by atoms with Crippen molar-refractivity contribution in [1.82, 2.24) is 10.3 Å². The molecule has 1 aliphatic heterocycles. The van der Waals surface area contributed by atoms with Gasteiger partial charge in [0.05, 0.1) is 13.2 Å². The van der Waals surface area contributed by atoms with Crippen LogP contribution in [-0.2, 0) is 16.1 Å². The largest absolute Gasteiger partial charge is 0.473 e. The molecule has 0 amide bonds. The van der Waals surface area contributed by atoms with E-state index >= 15 is 0 Å². The molecule has 0 unspecified atom stereocenters. The van der Waals surface area contributed by atoms with Crippen LogP contribution in [0, 0.1) is 5.41 Å². The zero-order valence-electron chi connectivity index (χ0n) is 11.9. The minimum absolute atomic E-state index is 0.0801. The number of rotatable bonds is 6. The maximum absolute atomic E-state index is 7.91. The minimum Gasteiger partial charge on any atom is -0.473 e. The first-order valence-electron chi connectivity index (χ1n) is 6.81. The summed E-state index contributed by atoms with van der Waals surface area (Å²) in [7, 11) is 0. The average Bonchev–Trinajstić information content (AvgIpc) is 2.54. The van der Waals surface area contributed by atoms with Gasteiger partial charge in [0, 0.05) is 25.9 Å². The molecule has 1 aromatic rings. The predicted molar refractivity (Wildman–Crippen MR) is 82.1 cm³/mol. The lowest BCUT2D eigenvalue weighted by Gasteiger charge is -2.30. The topological polar surface area (TPSA) is 69.9 Å². The second-order valence-corrected chi connectivity index (χ2v) is 4.54. The van der Waals surface area contributed by atoms with Crippen LogP contribution in [0.3, 0.4) is 0 Å². The molecule has 0 radical (unpaired) electrons. The summed E-state index contributed by atoms with van der Waals surface area (Å²) in [5.41, 5.74) is 3.83. The van der Waals surface area contributed by atoms with Gasteiger partial charge in [-0.15, -0.1) is 0 Å². The van der Waals surface area contributed by atoms with Crippen LogP contribution in [-0.4, -0.2) is 43.8 Å². The molecule has 0 atom stereocenters. The summed E-state index contributed by atoms with van der Waals surface area (Å²) < 4.78 is 10.8. The van der Waals surface area contributed by atoms with Crippen molar-refractivity contribution in [2.75, 3.05) is 26.3 Å².